The lowest BCUT2D eigenvalue weighted by Crippen LogP contribution is -2.44. The Morgan fingerprint density at radius 3 is 2.60 bits per heavy atom. The van der Waals surface area contributed by atoms with E-state index in [1.165, 1.54) is 5.56 Å². The smallest absolute Gasteiger partial charge is 0.161 e. The highest BCUT2D eigenvalue weighted by atomic mass is 16.6. The molecule has 0 N–H and O–H groups in total. The van der Waals surface area contributed by atoms with Crippen LogP contribution in [0.15, 0.2) is 18.2 Å². The van der Waals surface area contributed by atoms with Gasteiger partial charge in [0.1, 0.15) is 13.2 Å². The molecule has 6 heteroatoms. The molecule has 0 spiro atoms. The van der Waals surface area contributed by atoms with Crippen LogP contribution in [0, 0.1) is 0 Å². The van der Waals surface area contributed by atoms with E-state index in [-0.39, 0.29) is 6.10 Å². The number of fused-ring (bicyclic) bond motifs is 1. The molecule has 0 amide bonds. The molecule has 3 heterocycles. The second-order valence-corrected chi connectivity index (χ2v) is 6.97. The van der Waals surface area contributed by atoms with Gasteiger partial charge in [0.2, 0.25) is 0 Å². The van der Waals surface area contributed by atoms with Crippen molar-refractivity contribution < 1.29 is 18.9 Å². The first-order valence-electron chi connectivity index (χ1n) is 9.39. The van der Waals surface area contributed by atoms with Crippen LogP contribution in [0.5, 0.6) is 11.5 Å². The van der Waals surface area contributed by atoms with E-state index in [1.807, 2.05) is 6.07 Å². The van der Waals surface area contributed by atoms with Gasteiger partial charge in [-0.15, -0.1) is 0 Å². The van der Waals surface area contributed by atoms with Gasteiger partial charge in [-0.25, -0.2) is 0 Å². The first kappa shape index (κ1) is 17.1. The molecular formula is C19H28N2O4. The highest BCUT2D eigenvalue weighted by Gasteiger charge is 2.23. The van der Waals surface area contributed by atoms with Crippen molar-refractivity contribution >= 4 is 0 Å². The summed E-state index contributed by atoms with van der Waals surface area (Å²) in [5, 5.41) is 0. The predicted molar refractivity (Wildman–Crippen MR) is 94.3 cm³/mol. The van der Waals surface area contributed by atoms with E-state index in [1.54, 1.807) is 0 Å². The van der Waals surface area contributed by atoms with Gasteiger partial charge >= 0.3 is 0 Å². The molecule has 0 bridgehead atoms. The lowest BCUT2D eigenvalue weighted by Gasteiger charge is -2.31. The molecule has 3 aliphatic rings. The Hall–Kier alpha value is -1.34. The van der Waals surface area contributed by atoms with Crippen LogP contribution in [0.4, 0.5) is 0 Å². The van der Waals surface area contributed by atoms with Crippen molar-refractivity contribution in [2.24, 2.45) is 0 Å². The Bertz CT molecular complexity index is 562. The maximum absolute atomic E-state index is 6.10. The van der Waals surface area contributed by atoms with Gasteiger partial charge < -0.3 is 18.9 Å². The largest absolute Gasteiger partial charge is 0.486 e. The summed E-state index contributed by atoms with van der Waals surface area (Å²) in [7, 11) is 0. The number of benzene rings is 1. The number of morpholine rings is 1. The monoisotopic (exact) mass is 348 g/mol. The number of nitrogens with zero attached hydrogens (tertiary/aromatic N) is 2. The van der Waals surface area contributed by atoms with Crippen molar-refractivity contribution in [3.63, 3.8) is 0 Å². The molecule has 25 heavy (non-hydrogen) atoms. The highest BCUT2D eigenvalue weighted by molar-refractivity contribution is 5.43. The van der Waals surface area contributed by atoms with Crippen molar-refractivity contribution in [2.45, 2.75) is 19.1 Å². The molecule has 1 aromatic rings. The maximum Gasteiger partial charge on any atom is 0.161 e. The third-order valence-corrected chi connectivity index (χ3v) is 5.01. The number of ether oxygens (including phenoxy) is 4. The van der Waals surface area contributed by atoms with Crippen molar-refractivity contribution in [1.29, 1.82) is 0 Å². The lowest BCUT2D eigenvalue weighted by atomic mass is 10.1. The zero-order valence-corrected chi connectivity index (χ0v) is 14.8. The maximum atomic E-state index is 6.10. The van der Waals surface area contributed by atoms with Gasteiger partial charge in [-0.2, -0.15) is 0 Å². The second-order valence-electron chi connectivity index (χ2n) is 6.97. The summed E-state index contributed by atoms with van der Waals surface area (Å²) in [6.07, 6.45) is 1.36. The predicted octanol–water partition coefficient (Wildman–Crippen LogP) is 1.38. The Labute approximate surface area is 149 Å². The molecule has 1 atom stereocenters. The van der Waals surface area contributed by atoms with E-state index in [4.69, 9.17) is 18.9 Å². The summed E-state index contributed by atoms with van der Waals surface area (Å²) in [6, 6.07) is 6.30. The molecular weight excluding hydrogens is 320 g/mol. The normalized spacial score (nSPS) is 25.5. The molecule has 138 valence electrons. The van der Waals surface area contributed by atoms with Crippen LogP contribution < -0.4 is 9.47 Å². The zero-order chi connectivity index (χ0) is 16.9. The first-order valence-corrected chi connectivity index (χ1v) is 9.39. The first-order chi connectivity index (χ1) is 12.4. The van der Waals surface area contributed by atoms with Crippen molar-refractivity contribution in [1.82, 2.24) is 9.80 Å². The highest BCUT2D eigenvalue weighted by Crippen LogP contribution is 2.31. The minimum absolute atomic E-state index is 0.276. The Kier molecular flexibility index (Phi) is 5.72. The third-order valence-electron chi connectivity index (χ3n) is 5.01. The summed E-state index contributed by atoms with van der Waals surface area (Å²) >= 11 is 0. The molecule has 3 aliphatic heterocycles. The topological polar surface area (TPSA) is 43.4 Å². The molecule has 1 aromatic carbocycles. The van der Waals surface area contributed by atoms with Gasteiger partial charge in [0.05, 0.1) is 19.3 Å². The van der Waals surface area contributed by atoms with Crippen LogP contribution >= 0.6 is 0 Å². The Balaban J connectivity index is 1.35. The zero-order valence-electron chi connectivity index (χ0n) is 14.8. The number of hydrogen-bond donors (Lipinski definition) is 0. The number of hydrogen-bond acceptors (Lipinski definition) is 6. The molecule has 0 radical (unpaired) electrons. The van der Waals surface area contributed by atoms with E-state index in [0.717, 1.165) is 77.0 Å². The van der Waals surface area contributed by atoms with Crippen molar-refractivity contribution in [3.05, 3.63) is 23.8 Å². The van der Waals surface area contributed by atoms with E-state index >= 15 is 0 Å². The molecule has 0 aliphatic carbocycles. The van der Waals surface area contributed by atoms with Gasteiger partial charge in [-0.05, 0) is 24.1 Å². The van der Waals surface area contributed by atoms with E-state index in [9.17, 15) is 0 Å². The van der Waals surface area contributed by atoms with Crippen LogP contribution in [-0.2, 0) is 16.0 Å². The molecule has 2 saturated heterocycles. The van der Waals surface area contributed by atoms with Crippen LogP contribution in [0.3, 0.4) is 0 Å². The van der Waals surface area contributed by atoms with Crippen molar-refractivity contribution in [2.75, 3.05) is 65.8 Å². The van der Waals surface area contributed by atoms with E-state index < -0.39 is 0 Å². The van der Waals surface area contributed by atoms with Gasteiger partial charge in [-0.1, -0.05) is 6.07 Å². The van der Waals surface area contributed by atoms with Crippen LogP contribution in [0.2, 0.25) is 0 Å². The van der Waals surface area contributed by atoms with Gasteiger partial charge in [0.15, 0.2) is 11.5 Å². The lowest BCUT2D eigenvalue weighted by molar-refractivity contribution is -0.0123. The SMILES string of the molecule is c1cc2c(cc1CN1CCCO[C@@H](CN3CCOCC3)C1)OCCO2. The minimum Gasteiger partial charge on any atom is -0.486 e. The van der Waals surface area contributed by atoms with Gasteiger partial charge in [0.25, 0.3) is 0 Å². The van der Waals surface area contributed by atoms with Crippen LogP contribution in [0.1, 0.15) is 12.0 Å². The van der Waals surface area contributed by atoms with Crippen LogP contribution in [-0.4, -0.2) is 81.7 Å². The molecule has 4 rings (SSSR count). The van der Waals surface area contributed by atoms with Gasteiger partial charge in [0, 0.05) is 45.9 Å². The quantitative estimate of drug-likeness (QED) is 0.819. The van der Waals surface area contributed by atoms with E-state index in [0.29, 0.717) is 13.2 Å². The fraction of sp³-hybridized carbons (Fsp3) is 0.684. The molecule has 0 saturated carbocycles. The summed E-state index contributed by atoms with van der Waals surface area (Å²) in [6.45, 7) is 9.83. The Morgan fingerprint density at radius 2 is 1.72 bits per heavy atom. The fourth-order valence-electron chi connectivity index (χ4n) is 3.74. The van der Waals surface area contributed by atoms with E-state index in [2.05, 4.69) is 21.9 Å². The summed E-state index contributed by atoms with van der Waals surface area (Å²) < 4.78 is 22.9. The fourth-order valence-corrected chi connectivity index (χ4v) is 3.74. The standard InChI is InChI=1S/C19H28N2O4/c1-4-21(13-16-2-3-18-19(12-16)25-11-10-24-18)15-17(23-7-1)14-20-5-8-22-9-6-20/h2-3,12,17H,1,4-11,13-15H2/t17-/m0/s1. The number of rotatable bonds is 4. The second kappa shape index (κ2) is 8.36. The summed E-state index contributed by atoms with van der Waals surface area (Å²) in [5.41, 5.74) is 1.27. The van der Waals surface area contributed by atoms with Crippen LogP contribution in [0.25, 0.3) is 0 Å². The molecule has 0 aromatic heterocycles. The molecule has 6 nitrogen and oxygen atoms in total. The average molecular weight is 348 g/mol. The Morgan fingerprint density at radius 1 is 0.880 bits per heavy atom. The third kappa shape index (κ3) is 4.64. The van der Waals surface area contributed by atoms with Crippen molar-refractivity contribution in [3.8, 4) is 11.5 Å². The summed E-state index contributed by atoms with van der Waals surface area (Å²) in [4.78, 5) is 4.96. The molecule has 0 unspecified atom stereocenters. The van der Waals surface area contributed by atoms with Gasteiger partial charge in [-0.3, -0.25) is 9.80 Å². The summed E-state index contributed by atoms with van der Waals surface area (Å²) in [5.74, 6) is 1.74. The average Bonchev–Trinajstić information content (AvgIpc) is 2.87. The molecule has 2 fully saturated rings. The minimum atomic E-state index is 0.276.